The molecule has 36 heavy (non-hydrogen) atoms. The van der Waals surface area contributed by atoms with Crippen LogP contribution in [-0.2, 0) is 14.3 Å². The fraction of sp³-hybridized carbons (Fsp3) is 0.571. The number of aliphatic hydroxyl groups is 1. The molecule has 1 aromatic rings. The van der Waals surface area contributed by atoms with Crippen LogP contribution in [0.1, 0.15) is 52.0 Å². The number of piperazine rings is 1. The van der Waals surface area contributed by atoms with Crippen molar-refractivity contribution >= 4 is 23.7 Å². The van der Waals surface area contributed by atoms with Gasteiger partial charge in [0, 0.05) is 37.8 Å². The standard InChI is InChI=1S/C28H39FN2O5/c1-19-5-4-6-20(2)28(36-27(35)17-25(32)8-7-19)21(3)13-22-14-23(29)16-24(15-22)31-11-9-30(10-12-31)18-26(33)34/h4,6,13-16,19-20,25,28,32H,5,7-12,17-18H2,1-3H3,(H,33,34)/b6-4+,21-13+/t19-,20+,25-,28+/m1/s1. The minimum Gasteiger partial charge on any atom is -0.480 e. The van der Waals surface area contributed by atoms with Crippen LogP contribution in [0.3, 0.4) is 0 Å². The normalized spacial score (nSPS) is 28.1. The topological polar surface area (TPSA) is 90.3 Å². The summed E-state index contributed by atoms with van der Waals surface area (Å²) in [6.45, 7) is 8.44. The molecule has 3 rings (SSSR count). The quantitative estimate of drug-likeness (QED) is 0.463. The van der Waals surface area contributed by atoms with Crippen molar-refractivity contribution in [1.82, 2.24) is 4.90 Å². The number of cyclic esters (lactones) is 1. The molecular weight excluding hydrogens is 463 g/mol. The Hall–Kier alpha value is -2.71. The van der Waals surface area contributed by atoms with E-state index in [1.807, 2.05) is 30.9 Å². The molecule has 0 spiro atoms. The van der Waals surface area contributed by atoms with E-state index in [4.69, 9.17) is 9.84 Å². The zero-order valence-electron chi connectivity index (χ0n) is 21.5. The van der Waals surface area contributed by atoms with Gasteiger partial charge in [-0.05, 0) is 61.4 Å². The van der Waals surface area contributed by atoms with Crippen LogP contribution in [0, 0.1) is 17.7 Å². The zero-order chi connectivity index (χ0) is 26.2. The van der Waals surface area contributed by atoms with Crippen molar-refractivity contribution in [3.8, 4) is 0 Å². The van der Waals surface area contributed by atoms with Gasteiger partial charge in [-0.1, -0.05) is 32.1 Å². The first-order chi connectivity index (χ1) is 17.1. The average molecular weight is 503 g/mol. The summed E-state index contributed by atoms with van der Waals surface area (Å²) in [7, 11) is 0. The molecule has 0 radical (unpaired) electrons. The van der Waals surface area contributed by atoms with E-state index in [1.54, 1.807) is 0 Å². The van der Waals surface area contributed by atoms with Gasteiger partial charge < -0.3 is 19.8 Å². The Morgan fingerprint density at radius 3 is 2.58 bits per heavy atom. The van der Waals surface area contributed by atoms with Gasteiger partial charge in [0.1, 0.15) is 11.9 Å². The number of hydrogen-bond donors (Lipinski definition) is 2. The van der Waals surface area contributed by atoms with E-state index in [0.717, 1.165) is 24.1 Å². The Morgan fingerprint density at radius 2 is 1.89 bits per heavy atom. The van der Waals surface area contributed by atoms with E-state index in [0.29, 0.717) is 44.1 Å². The number of hydrogen-bond acceptors (Lipinski definition) is 6. The number of nitrogens with zero attached hydrogens (tertiary/aromatic N) is 2. The molecule has 0 unspecified atom stereocenters. The largest absolute Gasteiger partial charge is 0.480 e. The molecule has 0 bridgehead atoms. The summed E-state index contributed by atoms with van der Waals surface area (Å²) in [4.78, 5) is 27.5. The van der Waals surface area contributed by atoms with Crippen LogP contribution in [0.25, 0.3) is 6.08 Å². The zero-order valence-corrected chi connectivity index (χ0v) is 21.5. The third-order valence-electron chi connectivity index (χ3n) is 6.95. The fourth-order valence-electron chi connectivity index (χ4n) is 4.88. The van der Waals surface area contributed by atoms with Gasteiger partial charge in [0.05, 0.1) is 19.1 Å². The predicted molar refractivity (Wildman–Crippen MR) is 138 cm³/mol. The lowest BCUT2D eigenvalue weighted by Crippen LogP contribution is -2.48. The van der Waals surface area contributed by atoms with Crippen LogP contribution in [-0.4, -0.2) is 72.0 Å². The van der Waals surface area contributed by atoms with Crippen LogP contribution in [0.5, 0.6) is 0 Å². The van der Waals surface area contributed by atoms with Crippen LogP contribution in [0.2, 0.25) is 0 Å². The molecule has 4 atom stereocenters. The molecule has 8 heteroatoms. The Morgan fingerprint density at radius 1 is 1.17 bits per heavy atom. The molecule has 7 nitrogen and oxygen atoms in total. The van der Waals surface area contributed by atoms with Gasteiger partial charge in [-0.25, -0.2) is 4.39 Å². The van der Waals surface area contributed by atoms with E-state index in [1.165, 1.54) is 12.1 Å². The highest BCUT2D eigenvalue weighted by atomic mass is 19.1. The van der Waals surface area contributed by atoms with Crippen LogP contribution in [0.4, 0.5) is 10.1 Å². The summed E-state index contributed by atoms with van der Waals surface area (Å²) in [5, 5.41) is 19.2. The number of ether oxygens (including phenoxy) is 1. The molecular formula is C28H39FN2O5. The molecule has 2 N–H and O–H groups in total. The molecule has 198 valence electrons. The second kappa shape index (κ2) is 13.0. The molecule has 1 aromatic carbocycles. The molecule has 1 fully saturated rings. The number of aliphatic carboxylic acids is 1. The van der Waals surface area contributed by atoms with E-state index in [-0.39, 0.29) is 24.7 Å². The van der Waals surface area contributed by atoms with Gasteiger partial charge in [0.2, 0.25) is 0 Å². The number of benzene rings is 1. The van der Waals surface area contributed by atoms with Crippen LogP contribution in [0.15, 0.2) is 35.9 Å². The predicted octanol–water partition coefficient (Wildman–Crippen LogP) is 4.11. The summed E-state index contributed by atoms with van der Waals surface area (Å²) < 4.78 is 20.4. The number of halogens is 1. The second-order valence-electron chi connectivity index (χ2n) is 10.3. The lowest BCUT2D eigenvalue weighted by molar-refractivity contribution is -0.151. The molecule has 0 amide bonds. The Labute approximate surface area is 213 Å². The number of rotatable bonds is 5. The van der Waals surface area contributed by atoms with Crippen molar-refractivity contribution in [2.75, 3.05) is 37.6 Å². The van der Waals surface area contributed by atoms with Crippen molar-refractivity contribution in [3.63, 3.8) is 0 Å². The highest BCUT2D eigenvalue weighted by Crippen LogP contribution is 2.26. The van der Waals surface area contributed by atoms with Crippen molar-refractivity contribution in [2.45, 2.75) is 58.7 Å². The van der Waals surface area contributed by atoms with Crippen LogP contribution < -0.4 is 4.90 Å². The maximum Gasteiger partial charge on any atom is 0.317 e. The summed E-state index contributed by atoms with van der Waals surface area (Å²) in [6.07, 6.45) is 7.06. The number of allylic oxidation sites excluding steroid dienone is 1. The third-order valence-corrected chi connectivity index (χ3v) is 6.95. The van der Waals surface area contributed by atoms with E-state index in [9.17, 15) is 19.1 Å². The number of esters is 1. The van der Waals surface area contributed by atoms with Crippen molar-refractivity contribution < 1.29 is 28.9 Å². The highest BCUT2D eigenvalue weighted by molar-refractivity contribution is 5.71. The van der Waals surface area contributed by atoms with E-state index < -0.39 is 24.1 Å². The molecule has 2 aliphatic rings. The van der Waals surface area contributed by atoms with Crippen molar-refractivity contribution in [1.29, 1.82) is 0 Å². The van der Waals surface area contributed by atoms with Gasteiger partial charge in [-0.3, -0.25) is 14.5 Å². The maximum absolute atomic E-state index is 14.6. The summed E-state index contributed by atoms with van der Waals surface area (Å²) in [5.74, 6) is -1.31. The van der Waals surface area contributed by atoms with Gasteiger partial charge in [0.25, 0.3) is 0 Å². The molecule has 1 saturated heterocycles. The summed E-state index contributed by atoms with van der Waals surface area (Å²) >= 11 is 0. The van der Waals surface area contributed by atoms with Crippen molar-refractivity contribution in [3.05, 3.63) is 47.3 Å². The summed E-state index contributed by atoms with van der Waals surface area (Å²) in [5.41, 5.74) is 2.20. The Kier molecular flexibility index (Phi) is 10.1. The van der Waals surface area contributed by atoms with E-state index >= 15 is 0 Å². The number of anilines is 1. The molecule has 2 aliphatic heterocycles. The Bertz CT molecular complexity index is 971. The SMILES string of the molecule is C/C(=C\c1cc(F)cc(N2CCN(CC(=O)O)CC2)c1)[C@H]1OC(=O)C[C@H](O)CC[C@H](C)C/C=C/[C@@H]1C. The monoisotopic (exact) mass is 502 g/mol. The van der Waals surface area contributed by atoms with Crippen molar-refractivity contribution in [2.24, 2.45) is 11.8 Å². The van der Waals surface area contributed by atoms with E-state index in [2.05, 4.69) is 24.0 Å². The first kappa shape index (κ1) is 27.9. The first-order valence-corrected chi connectivity index (χ1v) is 12.8. The number of carboxylic acids is 1. The smallest absolute Gasteiger partial charge is 0.317 e. The number of aliphatic hydroxyl groups excluding tert-OH is 1. The number of carbonyl (C=O) groups excluding carboxylic acids is 1. The van der Waals surface area contributed by atoms with Gasteiger partial charge in [-0.2, -0.15) is 0 Å². The lowest BCUT2D eigenvalue weighted by atomic mass is 9.93. The third kappa shape index (κ3) is 8.45. The maximum atomic E-state index is 14.6. The number of carboxylic acid groups (broad SMARTS) is 1. The van der Waals surface area contributed by atoms with Crippen LogP contribution >= 0.6 is 0 Å². The number of carbonyl (C=O) groups is 2. The lowest BCUT2D eigenvalue weighted by Gasteiger charge is -2.35. The van der Waals surface area contributed by atoms with Gasteiger partial charge in [0.15, 0.2) is 0 Å². The minimum absolute atomic E-state index is 0.00680. The molecule has 0 aromatic heterocycles. The first-order valence-electron chi connectivity index (χ1n) is 12.8. The molecule has 0 aliphatic carbocycles. The molecule has 2 heterocycles. The second-order valence-corrected chi connectivity index (χ2v) is 10.3. The van der Waals surface area contributed by atoms with Gasteiger partial charge in [-0.15, -0.1) is 0 Å². The highest BCUT2D eigenvalue weighted by Gasteiger charge is 2.25. The molecule has 0 saturated carbocycles. The summed E-state index contributed by atoms with van der Waals surface area (Å²) in [6, 6.07) is 4.85. The fourth-order valence-corrected chi connectivity index (χ4v) is 4.88. The van der Waals surface area contributed by atoms with Gasteiger partial charge >= 0.3 is 11.9 Å². The Balaban J connectivity index is 1.79. The average Bonchev–Trinajstić information content (AvgIpc) is 2.80. The minimum atomic E-state index is -0.849.